The number of carbonyl (C=O) groups is 1. The molecule has 0 aliphatic carbocycles. The van der Waals surface area contributed by atoms with Crippen molar-refractivity contribution in [3.63, 3.8) is 0 Å². The van der Waals surface area contributed by atoms with Gasteiger partial charge < -0.3 is 14.5 Å². The van der Waals surface area contributed by atoms with Crippen molar-refractivity contribution >= 4 is 30.6 Å². The normalized spacial score (nSPS) is 11.6. The molecule has 22 heavy (non-hydrogen) atoms. The molecule has 12 nitrogen and oxygen atoms in total. The second-order valence-corrected chi connectivity index (χ2v) is 5.37. The van der Waals surface area contributed by atoms with Gasteiger partial charge in [-0.05, 0) is 6.92 Å². The van der Waals surface area contributed by atoms with E-state index < -0.39 is 26.3 Å². The second-order valence-electron chi connectivity index (χ2n) is 4.13. The quantitative estimate of drug-likeness (QED) is 0.429. The Kier molecular flexibility index (Phi) is 4.28. The molecule has 0 aromatic carbocycles. The number of nitrogens with one attached hydrogen (secondary N) is 2. The van der Waals surface area contributed by atoms with Gasteiger partial charge in [-0.3, -0.25) is 14.8 Å². The van der Waals surface area contributed by atoms with Gasteiger partial charge in [-0.1, -0.05) is 0 Å². The first kappa shape index (κ1) is 16.1. The molecule has 13 heteroatoms. The average molecular weight is 333 g/mol. The first-order valence-corrected chi connectivity index (χ1v) is 7.28. The van der Waals surface area contributed by atoms with Gasteiger partial charge in [0.2, 0.25) is 6.79 Å². The van der Waals surface area contributed by atoms with Crippen molar-refractivity contribution in [1.29, 1.82) is 0 Å². The molecule has 2 aromatic heterocycles. The summed E-state index contributed by atoms with van der Waals surface area (Å²) in [6.45, 7) is 0.713. The molecule has 0 bridgehead atoms. The molecule has 1 amide bonds. The highest BCUT2D eigenvalue weighted by molar-refractivity contribution is 7.46. The van der Waals surface area contributed by atoms with Gasteiger partial charge in [-0.2, -0.15) is 10.2 Å². The van der Waals surface area contributed by atoms with E-state index in [9.17, 15) is 14.2 Å². The van der Waals surface area contributed by atoms with Crippen LogP contribution in [0.3, 0.4) is 0 Å². The fraction of sp³-hybridized carbons (Fsp3) is 0.333. The van der Waals surface area contributed by atoms with Gasteiger partial charge in [0.15, 0.2) is 5.82 Å². The van der Waals surface area contributed by atoms with Crippen molar-refractivity contribution in [3.05, 3.63) is 16.0 Å². The third-order valence-corrected chi connectivity index (χ3v) is 3.13. The number of fused-ring (bicyclic) bond motifs is 1. The van der Waals surface area contributed by atoms with Crippen LogP contribution in [0.4, 0.5) is 10.6 Å². The summed E-state index contributed by atoms with van der Waals surface area (Å²) in [5.41, 5.74) is 0.251. The van der Waals surface area contributed by atoms with Crippen LogP contribution < -0.4 is 10.9 Å². The summed E-state index contributed by atoms with van der Waals surface area (Å²) >= 11 is 0. The highest BCUT2D eigenvalue weighted by atomic mass is 31.2. The number of phosphoric acid groups is 1. The summed E-state index contributed by atoms with van der Waals surface area (Å²) in [6.07, 6.45) is -1.09. The average Bonchev–Trinajstić information content (AvgIpc) is 2.69. The first-order chi connectivity index (χ1) is 10.2. The number of H-pyrrole nitrogens is 1. The summed E-state index contributed by atoms with van der Waals surface area (Å²) < 4.78 is 20.2. The molecule has 0 saturated carbocycles. The summed E-state index contributed by atoms with van der Waals surface area (Å²) in [6, 6.07) is 0. The number of phosphoric ester groups is 1. The van der Waals surface area contributed by atoms with Crippen LogP contribution in [0.25, 0.3) is 10.9 Å². The van der Waals surface area contributed by atoms with Crippen LogP contribution in [-0.2, 0) is 20.9 Å². The van der Waals surface area contributed by atoms with Crippen LogP contribution in [0.5, 0.6) is 0 Å². The van der Waals surface area contributed by atoms with Crippen molar-refractivity contribution in [2.45, 2.75) is 6.92 Å². The highest BCUT2D eigenvalue weighted by Gasteiger charge is 2.18. The van der Waals surface area contributed by atoms with Crippen LogP contribution in [-0.4, -0.2) is 42.7 Å². The molecule has 0 radical (unpaired) electrons. The molecular weight excluding hydrogens is 321 g/mol. The number of aryl methyl sites for hydroxylation is 2. The molecule has 2 rings (SSSR count). The molecule has 4 N–H and O–H groups in total. The minimum atomic E-state index is -4.74. The van der Waals surface area contributed by atoms with E-state index in [1.807, 2.05) is 0 Å². The van der Waals surface area contributed by atoms with Gasteiger partial charge in [0.05, 0.1) is 5.39 Å². The number of rotatable bonds is 4. The van der Waals surface area contributed by atoms with Gasteiger partial charge in [-0.25, -0.2) is 19.0 Å². The van der Waals surface area contributed by atoms with Gasteiger partial charge in [0, 0.05) is 12.7 Å². The van der Waals surface area contributed by atoms with Crippen molar-refractivity contribution < 1.29 is 28.4 Å². The van der Waals surface area contributed by atoms with Crippen molar-refractivity contribution in [2.24, 2.45) is 7.05 Å². The molecule has 0 fully saturated rings. The zero-order valence-corrected chi connectivity index (χ0v) is 12.3. The number of hydrogen-bond donors (Lipinski definition) is 4. The number of aromatic nitrogens is 4. The predicted octanol–water partition coefficient (Wildman–Crippen LogP) is -0.420. The Labute approximate surface area is 122 Å². The lowest BCUT2D eigenvalue weighted by atomic mass is 10.3. The molecule has 2 heterocycles. The van der Waals surface area contributed by atoms with Crippen LogP contribution in [0, 0.1) is 6.92 Å². The topological polar surface area (TPSA) is 169 Å². The van der Waals surface area contributed by atoms with Gasteiger partial charge >= 0.3 is 13.9 Å². The lowest BCUT2D eigenvalue weighted by molar-refractivity contribution is 0.0470. The van der Waals surface area contributed by atoms with E-state index in [2.05, 4.69) is 29.9 Å². The van der Waals surface area contributed by atoms with E-state index in [4.69, 9.17) is 9.79 Å². The minimum Gasteiger partial charge on any atom is -0.421 e. The molecule has 120 valence electrons. The molecule has 2 aromatic rings. The molecule has 0 aliphatic heterocycles. The number of hydrogen-bond acceptors (Lipinski definition) is 7. The summed E-state index contributed by atoms with van der Waals surface area (Å²) in [7, 11) is -3.12. The van der Waals surface area contributed by atoms with Crippen LogP contribution in [0.1, 0.15) is 5.69 Å². The van der Waals surface area contributed by atoms with Gasteiger partial charge in [-0.15, -0.1) is 0 Å². The lowest BCUT2D eigenvalue weighted by Gasteiger charge is -2.07. The smallest absolute Gasteiger partial charge is 0.421 e. The Balaban J connectivity index is 2.17. The molecular formula is C9H12N5O7P. The van der Waals surface area contributed by atoms with Crippen molar-refractivity contribution in [3.8, 4) is 0 Å². The minimum absolute atomic E-state index is 0.0699. The van der Waals surface area contributed by atoms with E-state index in [1.54, 1.807) is 14.0 Å². The number of carbonyl (C=O) groups excluding carboxylic acids is 1. The summed E-state index contributed by atoms with van der Waals surface area (Å²) in [5.74, 6) is -0.0699. The first-order valence-electron chi connectivity index (χ1n) is 5.75. The van der Waals surface area contributed by atoms with Crippen LogP contribution in [0.15, 0.2) is 4.79 Å². The Morgan fingerprint density at radius 1 is 1.50 bits per heavy atom. The Hall–Kier alpha value is -2.27. The van der Waals surface area contributed by atoms with Gasteiger partial charge in [0.25, 0.3) is 5.56 Å². The van der Waals surface area contributed by atoms with Crippen molar-refractivity contribution in [1.82, 2.24) is 20.0 Å². The zero-order chi connectivity index (χ0) is 16.5. The Morgan fingerprint density at radius 2 is 2.18 bits per heavy atom. The lowest BCUT2D eigenvalue weighted by Crippen LogP contribution is -2.19. The summed E-state index contributed by atoms with van der Waals surface area (Å²) in [5, 5.41) is 12.3. The fourth-order valence-corrected chi connectivity index (χ4v) is 1.82. The standard InChI is InChI=1S/C9H12N5O7P/c1-4-5-6(13-14(4)2)7(11-12-8(5)15)10-9(16)20-3-21-22(17,18)19/h3H2,1-2H3,(H,12,15)(H,10,11,16)(H2,17,18,19). The maximum absolute atomic E-state index is 11.7. The number of aromatic amines is 1. The van der Waals surface area contributed by atoms with E-state index in [0.29, 0.717) is 5.69 Å². The van der Waals surface area contributed by atoms with E-state index in [0.717, 1.165) is 0 Å². The highest BCUT2D eigenvalue weighted by Crippen LogP contribution is 2.35. The molecule has 0 saturated heterocycles. The number of anilines is 1. The molecule has 0 atom stereocenters. The Morgan fingerprint density at radius 3 is 2.82 bits per heavy atom. The van der Waals surface area contributed by atoms with E-state index >= 15 is 0 Å². The molecule has 0 unspecified atom stereocenters. The van der Waals surface area contributed by atoms with E-state index in [-0.39, 0.29) is 16.7 Å². The predicted molar refractivity (Wildman–Crippen MR) is 72.0 cm³/mol. The maximum Gasteiger partial charge on any atom is 0.472 e. The third kappa shape index (κ3) is 3.49. The SMILES string of the molecule is Cc1c2c(=O)[nH]nc(NC(=O)OCOP(=O)(O)O)c2nn1C. The fourth-order valence-electron chi connectivity index (χ4n) is 1.63. The second kappa shape index (κ2) is 5.85. The monoisotopic (exact) mass is 333 g/mol. The molecule has 0 aliphatic rings. The largest absolute Gasteiger partial charge is 0.472 e. The third-order valence-electron chi connectivity index (χ3n) is 2.69. The summed E-state index contributed by atoms with van der Waals surface area (Å²) in [4.78, 5) is 40.1. The number of amides is 1. The van der Waals surface area contributed by atoms with Gasteiger partial charge in [0.1, 0.15) is 5.52 Å². The van der Waals surface area contributed by atoms with Crippen LogP contribution in [0.2, 0.25) is 0 Å². The maximum atomic E-state index is 11.7. The van der Waals surface area contributed by atoms with E-state index in [1.165, 1.54) is 4.68 Å². The van der Waals surface area contributed by atoms with Crippen LogP contribution >= 0.6 is 7.82 Å². The number of ether oxygens (including phenoxy) is 1. The molecule has 0 spiro atoms. The zero-order valence-electron chi connectivity index (χ0n) is 11.4. The van der Waals surface area contributed by atoms with Crippen molar-refractivity contribution in [2.75, 3.05) is 12.1 Å². The number of nitrogens with zero attached hydrogens (tertiary/aromatic N) is 3. The Bertz CT molecular complexity index is 822.